The van der Waals surface area contributed by atoms with E-state index in [4.69, 9.17) is 35.0 Å². The van der Waals surface area contributed by atoms with Gasteiger partial charge in [-0.2, -0.15) is 33.7 Å². The lowest BCUT2D eigenvalue weighted by molar-refractivity contribution is -0.840. The molecule has 0 aromatic heterocycles. The standard InChI is InChI=1S/C34H38N4O12S4.2H2O4S/c39-51(40,41)27-9-5-25(6-10-27)21-37-23-35(31-15-13-29(19-33(31)37)53(45,46)47)17-3-1-2-4-18-36-24-38(22-26-7-11-28(12-8-26)52(42,43)44)34-20-30(54(48,49)50)14-16-32(34)36;2*1-5(2,3)4/h5-16,19-20H,1-4,17-18,21-24H2,(H,39,40,41)(H,42,43,44)(H,45,46,47)(H,48,49,50);2*(H2,1,2,3,4). The highest BCUT2D eigenvalue weighted by Crippen LogP contribution is 2.32. The molecule has 2 unspecified atom stereocenters. The van der Waals surface area contributed by atoms with E-state index < -0.39 is 61.3 Å². The largest absolute Gasteiger partial charge is 0.726 e. The van der Waals surface area contributed by atoms with E-state index in [9.17, 15) is 51.9 Å². The van der Waals surface area contributed by atoms with Crippen LogP contribution in [-0.4, -0.2) is 113 Å². The molecule has 24 nitrogen and oxygen atoms in total. The Hall–Kier alpha value is -4.22. The summed E-state index contributed by atoms with van der Waals surface area (Å²) in [4.78, 5) is 5.14. The highest BCUT2D eigenvalue weighted by molar-refractivity contribution is 7.86. The lowest BCUT2D eigenvalue weighted by atomic mass is 10.1. The molecule has 0 aliphatic carbocycles. The van der Waals surface area contributed by atoms with Crippen molar-refractivity contribution in [1.82, 2.24) is 0 Å². The Morgan fingerprint density at radius 1 is 0.422 bits per heavy atom. The molecule has 8 N–H and O–H groups in total. The summed E-state index contributed by atoms with van der Waals surface area (Å²) < 4.78 is 197. The predicted molar refractivity (Wildman–Crippen MR) is 221 cm³/mol. The molecule has 30 heteroatoms. The first-order valence-electron chi connectivity index (χ1n) is 18.2. The minimum atomic E-state index is -4.92. The van der Waals surface area contributed by atoms with Gasteiger partial charge < -0.3 is 18.9 Å². The molecule has 2 aliphatic heterocycles. The van der Waals surface area contributed by atoms with Crippen molar-refractivity contribution in [3.63, 3.8) is 0 Å². The van der Waals surface area contributed by atoms with E-state index in [-0.39, 0.29) is 19.6 Å². The summed E-state index contributed by atoms with van der Waals surface area (Å²) >= 11 is 0. The Bertz CT molecular complexity index is 2770. The molecule has 2 aliphatic rings. The van der Waals surface area contributed by atoms with Crippen LogP contribution in [-0.2, 0) is 74.4 Å². The van der Waals surface area contributed by atoms with Crippen LogP contribution in [0, 0.1) is 0 Å². The van der Waals surface area contributed by atoms with Crippen LogP contribution in [0.5, 0.6) is 0 Å². The number of rotatable bonds is 15. The molecule has 0 radical (unpaired) electrons. The predicted octanol–water partition coefficient (Wildman–Crippen LogP) is -0.0686. The number of hydrogen-bond acceptors (Lipinski definition) is 16. The van der Waals surface area contributed by atoms with Crippen LogP contribution in [0.3, 0.4) is 0 Å². The first kappa shape index (κ1) is 52.4. The summed E-state index contributed by atoms with van der Waals surface area (Å²) in [6.45, 7) is 3.12. The van der Waals surface area contributed by atoms with Gasteiger partial charge in [0.15, 0.2) is 24.7 Å². The van der Waals surface area contributed by atoms with Gasteiger partial charge in [-0.1, -0.05) is 37.1 Å². The number of benzene rings is 4. The molecule has 0 fully saturated rings. The fourth-order valence-electron chi connectivity index (χ4n) is 6.98. The van der Waals surface area contributed by atoms with Crippen LogP contribution in [0.4, 0.5) is 22.7 Å². The van der Waals surface area contributed by atoms with Crippen LogP contribution < -0.4 is 19.6 Å². The summed E-state index contributed by atoms with van der Waals surface area (Å²) in [6, 6.07) is 20.5. The topological polar surface area (TPSA) is 388 Å². The molecule has 0 bridgehead atoms. The van der Waals surface area contributed by atoms with Crippen LogP contribution in [0.2, 0.25) is 0 Å². The molecule has 2 heterocycles. The van der Waals surface area contributed by atoms with E-state index in [0.29, 0.717) is 50.9 Å². The van der Waals surface area contributed by atoms with Crippen molar-refractivity contribution in [1.29, 1.82) is 0 Å². The highest BCUT2D eigenvalue weighted by Gasteiger charge is 2.34. The number of quaternary nitrogens is 2. The number of unbranched alkanes of at least 4 members (excludes halogenated alkanes) is 3. The highest BCUT2D eigenvalue weighted by atomic mass is 32.3. The van der Waals surface area contributed by atoms with Crippen LogP contribution in [0.1, 0.15) is 36.8 Å². The Kier molecular flexibility index (Phi) is 16.8. The van der Waals surface area contributed by atoms with Crippen molar-refractivity contribution in [3.05, 3.63) is 96.1 Å². The van der Waals surface area contributed by atoms with Crippen molar-refractivity contribution < 1.29 is 96.7 Å². The van der Waals surface area contributed by atoms with Crippen LogP contribution in [0.25, 0.3) is 0 Å². The third kappa shape index (κ3) is 16.3. The lowest BCUT2D eigenvalue weighted by Gasteiger charge is -2.19. The molecular weight excluding hydrogens is 977 g/mol. The van der Waals surface area contributed by atoms with Gasteiger partial charge in [-0.15, -0.1) is 0 Å². The van der Waals surface area contributed by atoms with Crippen molar-refractivity contribution in [2.45, 2.75) is 58.4 Å². The van der Waals surface area contributed by atoms with Gasteiger partial charge in [-0.25, -0.2) is 16.8 Å². The molecule has 0 saturated heterocycles. The first-order valence-corrected chi connectivity index (χ1v) is 26.7. The zero-order chi connectivity index (χ0) is 48.1. The van der Waals surface area contributed by atoms with Gasteiger partial charge >= 0.3 is 0 Å². The fourth-order valence-corrected chi connectivity index (χ4v) is 8.96. The maximum atomic E-state index is 11.9. The Balaban J connectivity index is 0.000000809. The lowest BCUT2D eigenvalue weighted by Crippen LogP contribution is -3.05. The smallest absolute Gasteiger partial charge is 0.294 e. The number of anilines is 2. The average molecular weight is 1020 g/mol. The molecule has 0 saturated carbocycles. The number of nitrogens with one attached hydrogen (secondary N) is 2. The Morgan fingerprint density at radius 2 is 0.688 bits per heavy atom. The Labute approximate surface area is 369 Å². The molecule has 64 heavy (non-hydrogen) atoms. The summed E-state index contributed by atoms with van der Waals surface area (Å²) in [5.74, 6) is 0. The zero-order valence-electron chi connectivity index (χ0n) is 32.9. The molecule has 4 aromatic rings. The fraction of sp³-hybridized carbons (Fsp3) is 0.294. The van der Waals surface area contributed by atoms with Gasteiger partial charge in [0.2, 0.25) is 20.8 Å². The summed E-state index contributed by atoms with van der Waals surface area (Å²) in [5, 5.41) is 0. The second-order valence-corrected chi connectivity index (χ2v) is 21.6. The van der Waals surface area contributed by atoms with Gasteiger partial charge in [-0.3, -0.25) is 37.1 Å². The van der Waals surface area contributed by atoms with Gasteiger partial charge in [-0.05, 0) is 61.4 Å². The quantitative estimate of drug-likeness (QED) is 0.0439. The van der Waals surface area contributed by atoms with Crippen LogP contribution >= 0.6 is 0 Å². The van der Waals surface area contributed by atoms with Crippen molar-refractivity contribution in [2.24, 2.45) is 0 Å². The molecule has 4 aromatic carbocycles. The number of nitrogens with zero attached hydrogens (tertiary/aromatic N) is 2. The number of fused-ring (bicyclic) bond motifs is 2. The third-order valence-corrected chi connectivity index (χ3v) is 13.1. The van der Waals surface area contributed by atoms with E-state index in [2.05, 4.69) is 9.80 Å². The monoisotopic (exact) mass is 1020 g/mol. The third-order valence-electron chi connectivity index (χ3n) is 9.62. The van der Waals surface area contributed by atoms with Gasteiger partial charge in [0.1, 0.15) is 24.5 Å². The normalized spacial score (nSPS) is 16.6. The van der Waals surface area contributed by atoms with E-state index in [1.165, 1.54) is 48.5 Å². The van der Waals surface area contributed by atoms with Gasteiger partial charge in [0.25, 0.3) is 40.5 Å². The van der Waals surface area contributed by atoms with Crippen molar-refractivity contribution >= 4 is 84.0 Å². The summed E-state index contributed by atoms with van der Waals surface area (Å²) in [6.07, 6.45) is 3.39. The molecule has 0 spiro atoms. The number of hydrogen-bond donors (Lipinski definition) is 8. The second kappa shape index (κ2) is 20.5. The van der Waals surface area contributed by atoms with Gasteiger partial charge in [0, 0.05) is 36.3 Å². The van der Waals surface area contributed by atoms with E-state index >= 15 is 0 Å². The van der Waals surface area contributed by atoms with Crippen molar-refractivity contribution in [3.8, 4) is 0 Å². The molecule has 354 valence electrons. The first-order chi connectivity index (χ1) is 29.3. The molecule has 6 rings (SSSR count). The second-order valence-electron chi connectivity index (χ2n) is 14.2. The minimum Gasteiger partial charge on any atom is -0.726 e. The maximum Gasteiger partial charge on any atom is 0.294 e. The SMILES string of the molecule is O=S(=O)(O)c1ccc(C[NH+]2CN(CCCCCCN3C[NH+](Cc4ccc(S(=O)(=O)O)cc4)c4cc(S(=O)(=O)O)ccc43)c3ccc(S(=O)(=O)O)cc32)cc1.O=S(=O)([O-])O.O=S(=O)([O-])O. The summed E-state index contributed by atoms with van der Waals surface area (Å²) in [7, 11) is -27.4. The van der Waals surface area contributed by atoms with E-state index in [1.54, 1.807) is 36.4 Å². The van der Waals surface area contributed by atoms with E-state index in [1.807, 2.05) is 0 Å². The van der Waals surface area contributed by atoms with E-state index in [0.717, 1.165) is 58.0 Å². The summed E-state index contributed by atoms with van der Waals surface area (Å²) in [5.41, 5.74) is 4.51. The minimum absolute atomic E-state index is 0.226. The molecule has 2 atom stereocenters. The maximum absolute atomic E-state index is 11.9. The molecular formula is C34H42N4O20S6. The van der Waals surface area contributed by atoms with Crippen molar-refractivity contribution in [2.75, 3.05) is 36.2 Å². The Morgan fingerprint density at radius 3 is 0.953 bits per heavy atom. The zero-order valence-corrected chi connectivity index (χ0v) is 37.8. The molecule has 0 amide bonds. The van der Waals surface area contributed by atoms with Crippen LogP contribution in [0.15, 0.2) is 105 Å². The average Bonchev–Trinajstić information content (AvgIpc) is 3.67. The van der Waals surface area contributed by atoms with Gasteiger partial charge in [0.05, 0.1) is 19.6 Å².